The van der Waals surface area contributed by atoms with Gasteiger partial charge in [0.05, 0.1) is 30.2 Å². The van der Waals surface area contributed by atoms with Crippen molar-refractivity contribution >= 4 is 17.2 Å². The SMILES string of the molecule is Cc1ncsc1CN1C[C@H]2CN(C(=O)c3ccco3)CCO[C@H]2C1. The van der Waals surface area contributed by atoms with Crippen molar-refractivity contribution in [2.24, 2.45) is 5.92 Å². The standard InChI is InChI=1S/C17H21N3O3S/c1-12-16(24-11-18-12)10-19-7-13-8-20(4-6-23-15(13)9-19)17(21)14-3-2-5-22-14/h2-3,5,11,13,15H,4,6-10H2,1H3/t13-,15-/m0/s1. The number of hydrogen-bond acceptors (Lipinski definition) is 6. The molecule has 1 amide bonds. The zero-order chi connectivity index (χ0) is 16.5. The molecule has 2 aliphatic rings. The second-order valence-corrected chi connectivity index (χ2v) is 7.39. The molecule has 0 unspecified atom stereocenters. The van der Waals surface area contributed by atoms with Crippen molar-refractivity contribution in [3.05, 3.63) is 40.2 Å². The fourth-order valence-electron chi connectivity index (χ4n) is 3.53. The molecule has 0 aliphatic carbocycles. The number of aromatic nitrogens is 1. The van der Waals surface area contributed by atoms with Crippen LogP contribution in [0.3, 0.4) is 0 Å². The number of carbonyl (C=O) groups is 1. The van der Waals surface area contributed by atoms with Crippen LogP contribution in [0.15, 0.2) is 28.3 Å². The summed E-state index contributed by atoms with van der Waals surface area (Å²) >= 11 is 1.71. The molecule has 0 saturated carbocycles. The highest BCUT2D eigenvalue weighted by molar-refractivity contribution is 7.09. The molecule has 2 aromatic heterocycles. The van der Waals surface area contributed by atoms with Crippen LogP contribution in [0.5, 0.6) is 0 Å². The highest BCUT2D eigenvalue weighted by Crippen LogP contribution is 2.27. The lowest BCUT2D eigenvalue weighted by molar-refractivity contribution is 0.0499. The van der Waals surface area contributed by atoms with E-state index in [1.807, 2.05) is 10.4 Å². The van der Waals surface area contributed by atoms with Gasteiger partial charge in [-0.25, -0.2) is 4.98 Å². The van der Waals surface area contributed by atoms with Gasteiger partial charge in [-0.05, 0) is 19.1 Å². The average Bonchev–Trinajstić information content (AvgIpc) is 3.28. The largest absolute Gasteiger partial charge is 0.459 e. The summed E-state index contributed by atoms with van der Waals surface area (Å²) in [6.45, 7) is 6.78. The van der Waals surface area contributed by atoms with Crippen LogP contribution in [-0.4, -0.2) is 59.6 Å². The van der Waals surface area contributed by atoms with Crippen LogP contribution in [0, 0.1) is 12.8 Å². The fourth-order valence-corrected chi connectivity index (χ4v) is 4.35. The minimum absolute atomic E-state index is 0.0407. The first-order valence-electron chi connectivity index (χ1n) is 8.26. The van der Waals surface area contributed by atoms with Gasteiger partial charge in [0.1, 0.15) is 0 Å². The van der Waals surface area contributed by atoms with E-state index in [1.54, 1.807) is 29.7 Å². The molecule has 2 aliphatic heterocycles. The summed E-state index contributed by atoms with van der Waals surface area (Å²) in [5, 5.41) is 0. The predicted octanol–water partition coefficient (Wildman–Crippen LogP) is 2.02. The molecule has 2 fully saturated rings. The van der Waals surface area contributed by atoms with Gasteiger partial charge in [-0.15, -0.1) is 11.3 Å². The highest BCUT2D eigenvalue weighted by atomic mass is 32.1. The van der Waals surface area contributed by atoms with Crippen LogP contribution in [-0.2, 0) is 11.3 Å². The molecule has 0 N–H and O–H groups in total. The molecular formula is C17H21N3O3S. The lowest BCUT2D eigenvalue weighted by atomic mass is 10.1. The second-order valence-electron chi connectivity index (χ2n) is 6.45. The minimum Gasteiger partial charge on any atom is -0.459 e. The van der Waals surface area contributed by atoms with Gasteiger partial charge in [0.15, 0.2) is 5.76 Å². The topological polar surface area (TPSA) is 58.8 Å². The number of rotatable bonds is 3. The van der Waals surface area contributed by atoms with Gasteiger partial charge in [-0.3, -0.25) is 9.69 Å². The minimum atomic E-state index is -0.0407. The molecule has 0 bridgehead atoms. The van der Waals surface area contributed by atoms with Gasteiger partial charge >= 0.3 is 0 Å². The van der Waals surface area contributed by atoms with Gasteiger partial charge < -0.3 is 14.1 Å². The third-order valence-corrected chi connectivity index (χ3v) is 5.76. The summed E-state index contributed by atoms with van der Waals surface area (Å²) in [4.78, 5) is 22.5. The van der Waals surface area contributed by atoms with E-state index in [0.717, 1.165) is 31.9 Å². The Labute approximate surface area is 145 Å². The van der Waals surface area contributed by atoms with E-state index in [4.69, 9.17) is 9.15 Å². The van der Waals surface area contributed by atoms with Crippen LogP contribution in [0.1, 0.15) is 21.1 Å². The Morgan fingerprint density at radius 1 is 1.42 bits per heavy atom. The Bertz CT molecular complexity index is 700. The van der Waals surface area contributed by atoms with Crippen molar-refractivity contribution in [2.45, 2.75) is 19.6 Å². The molecule has 7 heteroatoms. The van der Waals surface area contributed by atoms with Gasteiger partial charge in [0.25, 0.3) is 5.91 Å². The molecule has 2 saturated heterocycles. The fraction of sp³-hybridized carbons (Fsp3) is 0.529. The molecule has 128 valence electrons. The van der Waals surface area contributed by atoms with Crippen molar-refractivity contribution in [2.75, 3.05) is 32.8 Å². The Morgan fingerprint density at radius 2 is 2.33 bits per heavy atom. The van der Waals surface area contributed by atoms with E-state index < -0.39 is 0 Å². The summed E-state index contributed by atoms with van der Waals surface area (Å²) in [5.41, 5.74) is 3.02. The maximum atomic E-state index is 12.5. The van der Waals surface area contributed by atoms with Gasteiger partial charge in [-0.2, -0.15) is 0 Å². The summed E-state index contributed by atoms with van der Waals surface area (Å²) < 4.78 is 11.3. The van der Waals surface area contributed by atoms with E-state index >= 15 is 0 Å². The van der Waals surface area contributed by atoms with Crippen molar-refractivity contribution in [1.82, 2.24) is 14.8 Å². The normalized spacial score (nSPS) is 24.8. The molecule has 4 rings (SSSR count). The zero-order valence-electron chi connectivity index (χ0n) is 13.7. The first-order valence-corrected chi connectivity index (χ1v) is 9.14. The first-order chi connectivity index (χ1) is 11.7. The first kappa shape index (κ1) is 15.8. The number of hydrogen-bond donors (Lipinski definition) is 0. The lowest BCUT2D eigenvalue weighted by Crippen LogP contribution is -2.37. The number of aryl methyl sites for hydroxylation is 1. The highest BCUT2D eigenvalue weighted by Gasteiger charge is 2.38. The third-order valence-electron chi connectivity index (χ3n) is 4.84. The maximum Gasteiger partial charge on any atom is 0.289 e. The van der Waals surface area contributed by atoms with Crippen molar-refractivity contribution in [1.29, 1.82) is 0 Å². The Morgan fingerprint density at radius 3 is 3.08 bits per heavy atom. The molecular weight excluding hydrogens is 326 g/mol. The third kappa shape index (κ3) is 3.11. The van der Waals surface area contributed by atoms with Crippen LogP contribution >= 0.6 is 11.3 Å². The number of nitrogens with zero attached hydrogens (tertiary/aromatic N) is 3. The Hall–Kier alpha value is -1.70. The molecule has 6 nitrogen and oxygen atoms in total. The second kappa shape index (κ2) is 6.66. The van der Waals surface area contributed by atoms with E-state index in [-0.39, 0.29) is 12.0 Å². The van der Waals surface area contributed by atoms with Crippen LogP contribution in [0.25, 0.3) is 0 Å². The van der Waals surface area contributed by atoms with E-state index in [2.05, 4.69) is 16.8 Å². The predicted molar refractivity (Wildman–Crippen MR) is 90.0 cm³/mol. The average molecular weight is 347 g/mol. The number of likely N-dealkylation sites (tertiary alicyclic amines) is 1. The van der Waals surface area contributed by atoms with E-state index in [0.29, 0.717) is 24.8 Å². The molecule has 0 aromatic carbocycles. The van der Waals surface area contributed by atoms with Crippen molar-refractivity contribution in [3.8, 4) is 0 Å². The molecule has 4 heterocycles. The molecule has 24 heavy (non-hydrogen) atoms. The summed E-state index contributed by atoms with van der Waals surface area (Å²) in [6, 6.07) is 3.47. The van der Waals surface area contributed by atoms with Crippen LogP contribution < -0.4 is 0 Å². The van der Waals surface area contributed by atoms with E-state index in [9.17, 15) is 4.79 Å². The molecule has 2 atom stereocenters. The number of thiazole rings is 1. The molecule has 2 aromatic rings. The van der Waals surface area contributed by atoms with E-state index in [1.165, 1.54) is 4.88 Å². The van der Waals surface area contributed by atoms with Gasteiger partial charge in [0, 0.05) is 43.5 Å². The number of amides is 1. The quantitative estimate of drug-likeness (QED) is 0.850. The smallest absolute Gasteiger partial charge is 0.289 e. The summed E-state index contributed by atoms with van der Waals surface area (Å²) in [6.07, 6.45) is 1.74. The molecule has 0 spiro atoms. The monoisotopic (exact) mass is 347 g/mol. The lowest BCUT2D eigenvalue weighted by Gasteiger charge is -2.22. The summed E-state index contributed by atoms with van der Waals surface area (Å²) in [5.74, 6) is 0.712. The number of carbonyl (C=O) groups excluding carboxylic acids is 1. The zero-order valence-corrected chi connectivity index (χ0v) is 14.5. The molecule has 0 radical (unpaired) electrons. The number of furan rings is 1. The Kier molecular flexibility index (Phi) is 4.39. The number of ether oxygens (including phenoxy) is 1. The van der Waals surface area contributed by atoms with Crippen LogP contribution in [0.2, 0.25) is 0 Å². The van der Waals surface area contributed by atoms with Crippen molar-refractivity contribution in [3.63, 3.8) is 0 Å². The summed E-state index contributed by atoms with van der Waals surface area (Å²) in [7, 11) is 0. The van der Waals surface area contributed by atoms with Gasteiger partial charge in [0.2, 0.25) is 0 Å². The Balaban J connectivity index is 1.42. The van der Waals surface area contributed by atoms with Gasteiger partial charge in [-0.1, -0.05) is 0 Å². The van der Waals surface area contributed by atoms with Crippen LogP contribution in [0.4, 0.5) is 0 Å². The van der Waals surface area contributed by atoms with Crippen molar-refractivity contribution < 1.29 is 13.9 Å². The maximum absolute atomic E-state index is 12.5. The number of fused-ring (bicyclic) bond motifs is 1.